The van der Waals surface area contributed by atoms with Crippen LogP contribution in [0.15, 0.2) is 34.9 Å². The number of aromatic nitrogens is 4. The lowest BCUT2D eigenvalue weighted by molar-refractivity contribution is 0.368. The van der Waals surface area contributed by atoms with Crippen LogP contribution >= 0.6 is 0 Å². The van der Waals surface area contributed by atoms with E-state index in [1.54, 1.807) is 12.1 Å². The molecule has 3 rings (SSSR count). The molecule has 0 fully saturated rings. The number of hydrogen-bond acceptors (Lipinski definition) is 4. The van der Waals surface area contributed by atoms with E-state index in [-0.39, 0.29) is 5.82 Å². The summed E-state index contributed by atoms with van der Waals surface area (Å²) in [4.78, 5) is 4.32. The number of halogens is 1. The summed E-state index contributed by atoms with van der Waals surface area (Å²) in [5.41, 5.74) is 2.83. The molecule has 2 aromatic heterocycles. The Labute approximate surface area is 121 Å². The normalized spacial score (nSPS) is 11.0. The molecule has 0 aliphatic carbocycles. The van der Waals surface area contributed by atoms with Gasteiger partial charge in [-0.25, -0.2) is 4.39 Å². The molecule has 0 N–H and O–H groups in total. The molecular weight excluding hydrogens is 271 g/mol. The molecule has 0 amide bonds. The predicted molar refractivity (Wildman–Crippen MR) is 75.1 cm³/mol. The van der Waals surface area contributed by atoms with E-state index in [9.17, 15) is 4.39 Å². The zero-order valence-electron chi connectivity index (χ0n) is 11.9. The Balaban J connectivity index is 1.70. The summed E-state index contributed by atoms with van der Waals surface area (Å²) < 4.78 is 20.0. The largest absolute Gasteiger partial charge is 0.339 e. The molecule has 21 heavy (non-hydrogen) atoms. The first-order valence-corrected chi connectivity index (χ1v) is 6.71. The smallest absolute Gasteiger partial charge is 0.228 e. The third-order valence-corrected chi connectivity index (χ3v) is 3.21. The molecule has 0 aliphatic heterocycles. The third-order valence-electron chi connectivity index (χ3n) is 3.21. The van der Waals surface area contributed by atoms with E-state index in [1.807, 2.05) is 24.6 Å². The van der Waals surface area contributed by atoms with Gasteiger partial charge in [0.1, 0.15) is 5.82 Å². The van der Waals surface area contributed by atoms with Crippen LogP contribution in [0, 0.1) is 19.7 Å². The van der Waals surface area contributed by atoms with Crippen molar-refractivity contribution in [1.29, 1.82) is 0 Å². The lowest BCUT2D eigenvalue weighted by Gasteiger charge is -2.00. The van der Waals surface area contributed by atoms with Gasteiger partial charge in [0, 0.05) is 24.2 Å². The number of benzene rings is 1. The lowest BCUT2D eigenvalue weighted by atomic mass is 10.2. The van der Waals surface area contributed by atoms with Crippen LogP contribution in [0.25, 0.3) is 11.4 Å². The van der Waals surface area contributed by atoms with Crippen LogP contribution in [0.5, 0.6) is 0 Å². The van der Waals surface area contributed by atoms with Crippen molar-refractivity contribution < 1.29 is 8.91 Å². The minimum absolute atomic E-state index is 0.285. The van der Waals surface area contributed by atoms with Gasteiger partial charge in [-0.15, -0.1) is 0 Å². The van der Waals surface area contributed by atoms with Crippen molar-refractivity contribution in [3.8, 4) is 11.4 Å². The molecule has 5 nitrogen and oxygen atoms in total. The van der Waals surface area contributed by atoms with Gasteiger partial charge in [-0.05, 0) is 44.2 Å². The first-order chi connectivity index (χ1) is 10.1. The molecule has 0 saturated heterocycles. The summed E-state index contributed by atoms with van der Waals surface area (Å²) >= 11 is 0. The van der Waals surface area contributed by atoms with E-state index in [0.29, 0.717) is 24.7 Å². The fourth-order valence-electron chi connectivity index (χ4n) is 2.18. The Morgan fingerprint density at radius 3 is 2.62 bits per heavy atom. The summed E-state index contributed by atoms with van der Waals surface area (Å²) in [5.74, 6) is 0.729. The molecule has 0 saturated carbocycles. The molecule has 0 spiro atoms. The van der Waals surface area contributed by atoms with Gasteiger partial charge in [-0.2, -0.15) is 10.1 Å². The van der Waals surface area contributed by atoms with Gasteiger partial charge in [-0.3, -0.25) is 4.68 Å². The second-order valence-corrected chi connectivity index (χ2v) is 4.92. The standard InChI is InChI=1S/C15H15FN4O/c1-10-9-11(2)20(18-10)8-7-14-17-15(19-21-14)12-3-5-13(16)6-4-12/h3-6,9H,7-8H2,1-2H3. The van der Waals surface area contributed by atoms with Crippen molar-refractivity contribution in [1.82, 2.24) is 19.9 Å². The maximum absolute atomic E-state index is 12.9. The van der Waals surface area contributed by atoms with Gasteiger partial charge >= 0.3 is 0 Å². The summed E-state index contributed by atoms with van der Waals surface area (Å²) in [6.45, 7) is 4.66. The van der Waals surface area contributed by atoms with Gasteiger partial charge in [-0.1, -0.05) is 5.16 Å². The van der Waals surface area contributed by atoms with E-state index in [1.165, 1.54) is 12.1 Å². The molecule has 1 aromatic carbocycles. The quantitative estimate of drug-likeness (QED) is 0.740. The molecule has 6 heteroatoms. The Morgan fingerprint density at radius 2 is 1.95 bits per heavy atom. The molecule has 0 bridgehead atoms. The van der Waals surface area contributed by atoms with Gasteiger partial charge in [0.25, 0.3) is 0 Å². The monoisotopic (exact) mass is 286 g/mol. The van der Waals surface area contributed by atoms with Crippen molar-refractivity contribution in [3.05, 3.63) is 53.4 Å². The molecule has 0 atom stereocenters. The molecule has 0 aliphatic rings. The summed E-state index contributed by atoms with van der Waals surface area (Å²) in [5, 5.41) is 8.30. The van der Waals surface area contributed by atoms with Crippen LogP contribution in [-0.4, -0.2) is 19.9 Å². The van der Waals surface area contributed by atoms with Crippen LogP contribution in [0.3, 0.4) is 0 Å². The summed E-state index contributed by atoms with van der Waals surface area (Å²) in [6, 6.07) is 8.04. The van der Waals surface area contributed by atoms with E-state index in [4.69, 9.17) is 4.52 Å². The van der Waals surface area contributed by atoms with Crippen LogP contribution < -0.4 is 0 Å². The maximum atomic E-state index is 12.9. The molecule has 3 aromatic rings. The summed E-state index contributed by atoms with van der Waals surface area (Å²) in [6.07, 6.45) is 0.607. The van der Waals surface area contributed by atoms with Gasteiger partial charge in [0.05, 0.1) is 5.69 Å². The molecule has 2 heterocycles. The highest BCUT2D eigenvalue weighted by atomic mass is 19.1. The van der Waals surface area contributed by atoms with E-state index < -0.39 is 0 Å². The van der Waals surface area contributed by atoms with Gasteiger partial charge in [0.2, 0.25) is 11.7 Å². The summed E-state index contributed by atoms with van der Waals surface area (Å²) in [7, 11) is 0. The molecular formula is C15H15FN4O. The Morgan fingerprint density at radius 1 is 1.19 bits per heavy atom. The van der Waals surface area contributed by atoms with Crippen LogP contribution in [0.4, 0.5) is 4.39 Å². The number of nitrogens with zero attached hydrogens (tertiary/aromatic N) is 4. The first-order valence-electron chi connectivity index (χ1n) is 6.71. The number of rotatable bonds is 4. The number of aryl methyl sites for hydroxylation is 4. The van der Waals surface area contributed by atoms with Crippen LogP contribution in [-0.2, 0) is 13.0 Å². The van der Waals surface area contributed by atoms with E-state index >= 15 is 0 Å². The maximum Gasteiger partial charge on any atom is 0.228 e. The zero-order chi connectivity index (χ0) is 14.8. The number of hydrogen-bond donors (Lipinski definition) is 0. The Bertz CT molecular complexity index is 745. The molecule has 108 valence electrons. The Hall–Kier alpha value is -2.50. The second kappa shape index (κ2) is 5.47. The second-order valence-electron chi connectivity index (χ2n) is 4.92. The van der Waals surface area contributed by atoms with Crippen molar-refractivity contribution >= 4 is 0 Å². The predicted octanol–water partition coefficient (Wildman–Crippen LogP) is 2.93. The fourth-order valence-corrected chi connectivity index (χ4v) is 2.18. The van der Waals surface area contributed by atoms with Crippen LogP contribution in [0.1, 0.15) is 17.3 Å². The van der Waals surface area contributed by atoms with Crippen molar-refractivity contribution in [3.63, 3.8) is 0 Å². The molecule has 0 unspecified atom stereocenters. The van der Waals surface area contributed by atoms with Crippen molar-refractivity contribution in [2.75, 3.05) is 0 Å². The highest BCUT2D eigenvalue weighted by Gasteiger charge is 2.09. The average Bonchev–Trinajstić information content (AvgIpc) is 3.04. The van der Waals surface area contributed by atoms with E-state index in [0.717, 1.165) is 17.0 Å². The van der Waals surface area contributed by atoms with Crippen LogP contribution in [0.2, 0.25) is 0 Å². The van der Waals surface area contributed by atoms with Gasteiger partial charge < -0.3 is 4.52 Å². The van der Waals surface area contributed by atoms with Crippen molar-refractivity contribution in [2.24, 2.45) is 0 Å². The van der Waals surface area contributed by atoms with Gasteiger partial charge in [0.15, 0.2) is 0 Å². The highest BCUT2D eigenvalue weighted by molar-refractivity contribution is 5.53. The average molecular weight is 286 g/mol. The molecule has 0 radical (unpaired) electrons. The lowest BCUT2D eigenvalue weighted by Crippen LogP contribution is -2.05. The SMILES string of the molecule is Cc1cc(C)n(CCc2nc(-c3ccc(F)cc3)no2)n1. The minimum atomic E-state index is -0.285. The topological polar surface area (TPSA) is 56.7 Å². The first kappa shape index (κ1) is 13.5. The van der Waals surface area contributed by atoms with Crippen molar-refractivity contribution in [2.45, 2.75) is 26.8 Å². The Kier molecular flexibility index (Phi) is 3.51. The minimum Gasteiger partial charge on any atom is -0.339 e. The third kappa shape index (κ3) is 2.99. The fraction of sp³-hybridized carbons (Fsp3) is 0.267. The zero-order valence-corrected chi connectivity index (χ0v) is 11.9. The highest BCUT2D eigenvalue weighted by Crippen LogP contribution is 2.16. The van der Waals surface area contributed by atoms with E-state index in [2.05, 4.69) is 15.2 Å².